The number of amides is 1. The first kappa shape index (κ1) is 23.7. The van der Waals surface area contributed by atoms with Gasteiger partial charge in [0.15, 0.2) is 0 Å². The Morgan fingerprint density at radius 1 is 0.972 bits per heavy atom. The van der Waals surface area contributed by atoms with Gasteiger partial charge in [-0.25, -0.2) is 9.97 Å². The molecule has 6 rings (SSSR count). The molecule has 9 heteroatoms. The molecule has 4 heterocycles. The van der Waals surface area contributed by atoms with Gasteiger partial charge in [0.2, 0.25) is 11.7 Å². The van der Waals surface area contributed by atoms with Crippen LogP contribution >= 0.6 is 34.8 Å². The Kier molecular flexibility index (Phi) is 6.38. The summed E-state index contributed by atoms with van der Waals surface area (Å²) < 4.78 is 2.06. The van der Waals surface area contributed by atoms with Gasteiger partial charge >= 0.3 is 0 Å². The fourth-order valence-electron chi connectivity index (χ4n) is 5.60. The summed E-state index contributed by atoms with van der Waals surface area (Å²) in [6, 6.07) is 15.5. The number of imidazole rings is 1. The van der Waals surface area contributed by atoms with E-state index in [1.807, 2.05) is 48.7 Å². The van der Waals surface area contributed by atoms with Crippen molar-refractivity contribution in [2.24, 2.45) is 0 Å². The summed E-state index contributed by atoms with van der Waals surface area (Å²) in [5, 5.41) is 1.64. The quantitative estimate of drug-likeness (QED) is 0.322. The van der Waals surface area contributed by atoms with E-state index in [4.69, 9.17) is 39.8 Å². The third kappa shape index (κ3) is 4.37. The van der Waals surface area contributed by atoms with Gasteiger partial charge in [0.25, 0.3) is 0 Å². The van der Waals surface area contributed by atoms with Crippen molar-refractivity contribution in [3.8, 4) is 11.3 Å². The fraction of sp³-hybridized carbons (Fsp3) is 0.296. The highest BCUT2D eigenvalue weighted by Crippen LogP contribution is 2.34. The molecular weight excluding hydrogens is 517 g/mol. The maximum Gasteiger partial charge on any atom is 0.234 e. The van der Waals surface area contributed by atoms with Crippen LogP contribution in [-0.4, -0.2) is 55.2 Å². The van der Waals surface area contributed by atoms with Crippen LogP contribution in [0.4, 0.5) is 0 Å². The first-order chi connectivity index (χ1) is 17.5. The van der Waals surface area contributed by atoms with Crippen molar-refractivity contribution in [3.05, 3.63) is 87.2 Å². The molecule has 4 aromatic rings. The van der Waals surface area contributed by atoms with Crippen molar-refractivity contribution in [2.45, 2.75) is 37.9 Å². The standard InChI is InChI=1S/C27H24Cl3N5O/c28-19-7-5-17(6-8-19)26-23(34-12-2-11-31-27(34)32-26)16-33-14-20-9-10-21(15-33)35(20)24(36)13-18-3-1-4-22(29)25(18)30/h1-8,11-12,20-21H,9-10,13-16H2. The van der Waals surface area contributed by atoms with Gasteiger partial charge in [-0.2, -0.15) is 0 Å². The zero-order valence-electron chi connectivity index (χ0n) is 19.4. The SMILES string of the molecule is O=C(Cc1cccc(Cl)c1Cl)N1C2CCC1CN(Cc1c(-c3ccc(Cl)cc3)nc3ncccn13)C2. The fourth-order valence-corrected chi connectivity index (χ4v) is 6.12. The van der Waals surface area contributed by atoms with Gasteiger partial charge in [-0.3, -0.25) is 14.1 Å². The Bertz CT molecular complexity index is 1420. The van der Waals surface area contributed by atoms with Gasteiger partial charge in [-0.1, -0.05) is 59.1 Å². The molecule has 36 heavy (non-hydrogen) atoms. The van der Waals surface area contributed by atoms with Gasteiger partial charge in [-0.05, 0) is 42.7 Å². The molecule has 2 atom stereocenters. The van der Waals surface area contributed by atoms with E-state index in [-0.39, 0.29) is 24.4 Å². The Hall–Kier alpha value is -2.64. The first-order valence-corrected chi connectivity index (χ1v) is 13.2. The number of nitrogens with zero attached hydrogens (tertiary/aromatic N) is 5. The van der Waals surface area contributed by atoms with E-state index in [2.05, 4.69) is 19.2 Å². The minimum absolute atomic E-state index is 0.118. The van der Waals surface area contributed by atoms with Crippen molar-refractivity contribution < 1.29 is 4.79 Å². The van der Waals surface area contributed by atoms with Crippen LogP contribution in [0.3, 0.4) is 0 Å². The van der Waals surface area contributed by atoms with E-state index in [0.717, 1.165) is 55.0 Å². The van der Waals surface area contributed by atoms with Gasteiger partial charge in [0.05, 0.1) is 27.9 Å². The molecule has 2 bridgehead atoms. The lowest BCUT2D eigenvalue weighted by atomic mass is 10.1. The Morgan fingerprint density at radius 2 is 1.72 bits per heavy atom. The number of hydrogen-bond acceptors (Lipinski definition) is 4. The molecule has 0 radical (unpaired) electrons. The molecule has 1 amide bonds. The Morgan fingerprint density at radius 3 is 2.47 bits per heavy atom. The lowest BCUT2D eigenvalue weighted by molar-refractivity contribution is -0.136. The summed E-state index contributed by atoms with van der Waals surface area (Å²) in [6.07, 6.45) is 6.05. The number of carbonyl (C=O) groups excluding carboxylic acids is 1. The molecule has 2 fully saturated rings. The van der Waals surface area contributed by atoms with Crippen LogP contribution in [0.2, 0.25) is 15.1 Å². The van der Waals surface area contributed by atoms with Gasteiger partial charge in [0, 0.05) is 54.7 Å². The van der Waals surface area contributed by atoms with Crippen LogP contribution in [0.15, 0.2) is 60.9 Å². The third-order valence-electron chi connectivity index (χ3n) is 7.21. The third-order valence-corrected chi connectivity index (χ3v) is 8.32. The molecule has 0 N–H and O–H groups in total. The number of carbonyl (C=O) groups is 1. The number of benzene rings is 2. The van der Waals surface area contributed by atoms with E-state index in [0.29, 0.717) is 20.8 Å². The molecule has 0 saturated carbocycles. The molecule has 2 aliphatic heterocycles. The van der Waals surface area contributed by atoms with E-state index in [9.17, 15) is 4.79 Å². The molecule has 2 saturated heterocycles. The van der Waals surface area contributed by atoms with Crippen LogP contribution in [-0.2, 0) is 17.8 Å². The highest BCUT2D eigenvalue weighted by atomic mass is 35.5. The van der Waals surface area contributed by atoms with E-state index >= 15 is 0 Å². The smallest absolute Gasteiger partial charge is 0.234 e. The number of rotatable bonds is 5. The summed E-state index contributed by atoms with van der Waals surface area (Å²) in [6.45, 7) is 2.36. The second-order valence-electron chi connectivity index (χ2n) is 9.47. The summed E-state index contributed by atoms with van der Waals surface area (Å²) in [4.78, 5) is 27.2. The molecule has 6 nitrogen and oxygen atoms in total. The minimum atomic E-state index is 0.118. The molecule has 184 valence electrons. The predicted octanol–water partition coefficient (Wildman–Crippen LogP) is 5.77. The predicted molar refractivity (Wildman–Crippen MR) is 143 cm³/mol. The monoisotopic (exact) mass is 539 g/mol. The molecule has 0 aliphatic carbocycles. The zero-order valence-corrected chi connectivity index (χ0v) is 21.7. The lowest BCUT2D eigenvalue weighted by Gasteiger charge is -2.41. The van der Waals surface area contributed by atoms with Crippen LogP contribution < -0.4 is 0 Å². The zero-order chi connectivity index (χ0) is 24.8. The molecule has 2 aromatic carbocycles. The average Bonchev–Trinajstić information content (AvgIpc) is 3.37. The van der Waals surface area contributed by atoms with E-state index < -0.39 is 0 Å². The average molecular weight is 541 g/mol. The van der Waals surface area contributed by atoms with Crippen molar-refractivity contribution >= 4 is 46.5 Å². The summed E-state index contributed by atoms with van der Waals surface area (Å²) >= 11 is 18.6. The van der Waals surface area contributed by atoms with Crippen molar-refractivity contribution in [3.63, 3.8) is 0 Å². The number of halogens is 3. The Labute approximate surface area is 224 Å². The Balaban J connectivity index is 1.23. The second kappa shape index (κ2) is 9.67. The second-order valence-corrected chi connectivity index (χ2v) is 10.7. The number of fused-ring (bicyclic) bond motifs is 3. The molecular formula is C27H24Cl3N5O. The summed E-state index contributed by atoms with van der Waals surface area (Å²) in [7, 11) is 0. The summed E-state index contributed by atoms with van der Waals surface area (Å²) in [5.74, 6) is 0.791. The van der Waals surface area contributed by atoms with Crippen LogP contribution in [0.5, 0.6) is 0 Å². The minimum Gasteiger partial charge on any atom is -0.334 e. The van der Waals surface area contributed by atoms with Crippen LogP contribution in [0.25, 0.3) is 17.0 Å². The number of hydrogen-bond donors (Lipinski definition) is 0. The largest absolute Gasteiger partial charge is 0.334 e. The van der Waals surface area contributed by atoms with Crippen LogP contribution in [0.1, 0.15) is 24.1 Å². The maximum atomic E-state index is 13.3. The van der Waals surface area contributed by atoms with Gasteiger partial charge in [-0.15, -0.1) is 0 Å². The normalized spacial score (nSPS) is 19.8. The van der Waals surface area contributed by atoms with Crippen molar-refractivity contribution in [1.82, 2.24) is 24.2 Å². The van der Waals surface area contributed by atoms with Crippen molar-refractivity contribution in [2.75, 3.05) is 13.1 Å². The molecule has 2 unspecified atom stereocenters. The van der Waals surface area contributed by atoms with E-state index in [1.165, 1.54) is 0 Å². The van der Waals surface area contributed by atoms with Crippen molar-refractivity contribution in [1.29, 1.82) is 0 Å². The van der Waals surface area contributed by atoms with Gasteiger partial charge < -0.3 is 4.90 Å². The number of aromatic nitrogens is 3. The van der Waals surface area contributed by atoms with Crippen LogP contribution in [0, 0.1) is 0 Å². The lowest BCUT2D eigenvalue weighted by Crippen LogP contribution is -2.55. The highest BCUT2D eigenvalue weighted by molar-refractivity contribution is 6.42. The topological polar surface area (TPSA) is 53.7 Å². The molecule has 0 spiro atoms. The number of piperazine rings is 1. The molecule has 2 aromatic heterocycles. The van der Waals surface area contributed by atoms with Gasteiger partial charge in [0.1, 0.15) is 0 Å². The van der Waals surface area contributed by atoms with E-state index in [1.54, 1.807) is 12.3 Å². The molecule has 2 aliphatic rings. The highest BCUT2D eigenvalue weighted by Gasteiger charge is 2.42. The number of likely N-dealkylation sites (tertiary alicyclic amines) is 1. The maximum absolute atomic E-state index is 13.3. The summed E-state index contributed by atoms with van der Waals surface area (Å²) in [5.41, 5.74) is 3.79. The first-order valence-electron chi connectivity index (χ1n) is 12.0.